The Morgan fingerprint density at radius 1 is 1.42 bits per heavy atom. The predicted molar refractivity (Wildman–Crippen MR) is 73.2 cm³/mol. The van der Waals surface area contributed by atoms with E-state index in [2.05, 4.69) is 15.3 Å². The van der Waals surface area contributed by atoms with Gasteiger partial charge in [-0.25, -0.2) is 4.98 Å². The molecule has 19 heavy (non-hydrogen) atoms. The second kappa shape index (κ2) is 5.26. The Morgan fingerprint density at radius 2 is 2.21 bits per heavy atom. The third-order valence-corrected chi connectivity index (χ3v) is 2.60. The summed E-state index contributed by atoms with van der Waals surface area (Å²) in [6, 6.07) is 5.07. The molecule has 0 aliphatic heterocycles. The molecular formula is C13H13N5O. The van der Waals surface area contributed by atoms with Crippen molar-refractivity contribution in [2.24, 2.45) is 0 Å². The first-order valence-electron chi connectivity index (χ1n) is 5.59. The molecule has 0 spiro atoms. The topological polar surface area (TPSA) is 105 Å². The maximum absolute atomic E-state index is 10.3. The summed E-state index contributed by atoms with van der Waals surface area (Å²) in [5, 5.41) is 10.6. The summed E-state index contributed by atoms with van der Waals surface area (Å²) in [5.74, 6) is 0.356. The van der Waals surface area contributed by atoms with E-state index in [1.165, 1.54) is 12.3 Å². The zero-order valence-corrected chi connectivity index (χ0v) is 10.3. The molecule has 0 atom stereocenters. The van der Waals surface area contributed by atoms with Crippen LogP contribution in [-0.2, 0) is 4.79 Å². The molecule has 2 rings (SSSR count). The summed E-state index contributed by atoms with van der Waals surface area (Å²) in [6.07, 6.45) is 3.64. The Morgan fingerprint density at radius 3 is 2.84 bits per heavy atom. The molecule has 4 N–H and O–H groups in total. The highest BCUT2D eigenvalue weighted by atomic mass is 16.1. The number of anilines is 2. The Bertz CT molecular complexity index is 639. The third-order valence-electron chi connectivity index (χ3n) is 2.60. The first kappa shape index (κ1) is 12.7. The van der Waals surface area contributed by atoms with E-state index in [-0.39, 0.29) is 5.71 Å². The van der Waals surface area contributed by atoms with Crippen LogP contribution in [0.3, 0.4) is 0 Å². The number of rotatable bonds is 4. The van der Waals surface area contributed by atoms with Gasteiger partial charge in [0.15, 0.2) is 0 Å². The molecule has 0 unspecified atom stereocenters. The molecule has 2 aromatic heterocycles. The number of hydrogen-bond acceptors (Lipinski definition) is 5. The predicted octanol–water partition coefficient (Wildman–Crippen LogP) is 1.35. The van der Waals surface area contributed by atoms with E-state index in [4.69, 9.17) is 11.1 Å². The van der Waals surface area contributed by atoms with Crippen LogP contribution in [-0.4, -0.2) is 22.1 Å². The van der Waals surface area contributed by atoms with Crippen LogP contribution in [0.15, 0.2) is 30.6 Å². The zero-order chi connectivity index (χ0) is 13.8. The molecule has 0 aliphatic carbocycles. The van der Waals surface area contributed by atoms with Gasteiger partial charge in [0.25, 0.3) is 0 Å². The molecular weight excluding hydrogens is 242 g/mol. The number of hydrogen-bond donors (Lipinski definition) is 3. The molecule has 2 aromatic rings. The number of carbonyl (C=O) groups excluding carboxylic acids is 1. The molecule has 96 valence electrons. The first-order chi connectivity index (χ1) is 9.11. The van der Waals surface area contributed by atoms with E-state index >= 15 is 0 Å². The lowest BCUT2D eigenvalue weighted by Gasteiger charge is -2.09. The first-order valence-corrected chi connectivity index (χ1v) is 5.59. The molecule has 0 saturated heterocycles. The van der Waals surface area contributed by atoms with E-state index in [1.54, 1.807) is 18.3 Å². The number of aryl methyl sites for hydroxylation is 1. The molecule has 0 fully saturated rings. The van der Waals surface area contributed by atoms with Crippen molar-refractivity contribution in [3.63, 3.8) is 0 Å². The molecule has 2 heterocycles. The summed E-state index contributed by atoms with van der Waals surface area (Å²) in [5.41, 5.74) is 8.60. The van der Waals surface area contributed by atoms with Gasteiger partial charge in [0.2, 0.25) is 6.41 Å². The molecule has 0 saturated carbocycles. The number of nitrogens with zero attached hydrogens (tertiary/aromatic N) is 2. The van der Waals surface area contributed by atoms with Crippen molar-refractivity contribution in [3.8, 4) is 0 Å². The van der Waals surface area contributed by atoms with E-state index in [0.29, 0.717) is 23.5 Å². The van der Waals surface area contributed by atoms with Gasteiger partial charge in [-0.3, -0.25) is 15.2 Å². The van der Waals surface area contributed by atoms with Crippen LogP contribution in [0.25, 0.3) is 0 Å². The maximum atomic E-state index is 10.3. The van der Waals surface area contributed by atoms with Crippen LogP contribution in [0.1, 0.15) is 16.8 Å². The fourth-order valence-electron chi connectivity index (χ4n) is 1.68. The number of aromatic nitrogens is 2. The average molecular weight is 255 g/mol. The zero-order valence-electron chi connectivity index (χ0n) is 10.3. The van der Waals surface area contributed by atoms with Gasteiger partial charge >= 0.3 is 0 Å². The van der Waals surface area contributed by atoms with Gasteiger partial charge in [0.1, 0.15) is 5.82 Å². The van der Waals surface area contributed by atoms with Crippen LogP contribution in [0, 0.1) is 12.3 Å². The van der Waals surface area contributed by atoms with E-state index in [9.17, 15) is 4.79 Å². The standard InChI is InChI=1S/C13H13N5O/c1-8-4-9(2-3-16-8)13(15)10-6-17-12(18-7-19)5-11(10)14/h2-7,15H,1H3,(H3,14,17,18,19). The van der Waals surface area contributed by atoms with Crippen molar-refractivity contribution in [1.29, 1.82) is 5.41 Å². The highest BCUT2D eigenvalue weighted by molar-refractivity contribution is 6.13. The monoisotopic (exact) mass is 255 g/mol. The van der Waals surface area contributed by atoms with Crippen molar-refractivity contribution in [2.75, 3.05) is 11.1 Å². The van der Waals surface area contributed by atoms with Crippen molar-refractivity contribution in [2.45, 2.75) is 6.92 Å². The SMILES string of the molecule is Cc1cc(C(=N)c2cnc(NC=O)cc2N)ccn1. The number of pyridine rings is 2. The fraction of sp³-hybridized carbons (Fsp3) is 0.0769. The largest absolute Gasteiger partial charge is 0.398 e. The average Bonchev–Trinajstić information content (AvgIpc) is 2.38. The number of carbonyl (C=O) groups is 1. The second-order valence-corrected chi connectivity index (χ2v) is 3.98. The number of nitrogens with one attached hydrogen (secondary N) is 2. The van der Waals surface area contributed by atoms with Crippen molar-refractivity contribution in [3.05, 3.63) is 47.4 Å². The van der Waals surface area contributed by atoms with Crippen LogP contribution in [0.5, 0.6) is 0 Å². The minimum Gasteiger partial charge on any atom is -0.398 e. The van der Waals surface area contributed by atoms with E-state index in [0.717, 1.165) is 11.3 Å². The molecule has 0 aromatic carbocycles. The van der Waals surface area contributed by atoms with E-state index in [1.807, 2.05) is 6.92 Å². The van der Waals surface area contributed by atoms with Gasteiger partial charge in [0.05, 0.1) is 5.71 Å². The lowest BCUT2D eigenvalue weighted by atomic mass is 10.0. The normalized spacial score (nSPS) is 9.95. The molecule has 6 nitrogen and oxygen atoms in total. The Balaban J connectivity index is 2.36. The van der Waals surface area contributed by atoms with Gasteiger partial charge in [-0.2, -0.15) is 0 Å². The van der Waals surface area contributed by atoms with Crippen molar-refractivity contribution >= 4 is 23.6 Å². The lowest BCUT2D eigenvalue weighted by molar-refractivity contribution is -0.105. The number of nitrogen functional groups attached to an aromatic ring is 1. The Kier molecular flexibility index (Phi) is 3.51. The summed E-state index contributed by atoms with van der Waals surface area (Å²) >= 11 is 0. The van der Waals surface area contributed by atoms with Gasteiger partial charge in [-0.05, 0) is 19.1 Å². The summed E-state index contributed by atoms with van der Waals surface area (Å²) in [7, 11) is 0. The smallest absolute Gasteiger partial charge is 0.212 e. The van der Waals surface area contributed by atoms with Gasteiger partial charge in [-0.15, -0.1) is 0 Å². The summed E-state index contributed by atoms with van der Waals surface area (Å²) in [4.78, 5) is 18.4. The molecule has 6 heteroatoms. The van der Waals surface area contributed by atoms with Crippen LogP contribution < -0.4 is 11.1 Å². The summed E-state index contributed by atoms with van der Waals surface area (Å²) in [6.45, 7) is 1.86. The minimum atomic E-state index is 0.271. The maximum Gasteiger partial charge on any atom is 0.212 e. The summed E-state index contributed by atoms with van der Waals surface area (Å²) < 4.78 is 0. The quantitative estimate of drug-likeness (QED) is 0.566. The minimum absolute atomic E-state index is 0.271. The molecule has 1 amide bonds. The third kappa shape index (κ3) is 2.74. The fourth-order valence-corrected chi connectivity index (χ4v) is 1.68. The Hall–Kier alpha value is -2.76. The van der Waals surface area contributed by atoms with Crippen molar-refractivity contribution < 1.29 is 4.79 Å². The van der Waals surface area contributed by atoms with Crippen molar-refractivity contribution in [1.82, 2.24) is 9.97 Å². The van der Waals surface area contributed by atoms with E-state index < -0.39 is 0 Å². The Labute approximate surface area is 110 Å². The van der Waals surface area contributed by atoms with Gasteiger partial charge < -0.3 is 11.1 Å². The molecule has 0 bridgehead atoms. The van der Waals surface area contributed by atoms with Gasteiger partial charge in [-0.1, -0.05) is 0 Å². The molecule has 0 aliphatic rings. The van der Waals surface area contributed by atoms with Crippen LogP contribution in [0.2, 0.25) is 0 Å². The van der Waals surface area contributed by atoms with Crippen LogP contribution in [0.4, 0.5) is 11.5 Å². The lowest BCUT2D eigenvalue weighted by Crippen LogP contribution is -2.08. The highest BCUT2D eigenvalue weighted by Gasteiger charge is 2.10. The highest BCUT2D eigenvalue weighted by Crippen LogP contribution is 2.18. The second-order valence-electron chi connectivity index (χ2n) is 3.98. The molecule has 0 radical (unpaired) electrons. The number of nitrogens with two attached hydrogens (primary N) is 1. The van der Waals surface area contributed by atoms with Crippen LogP contribution >= 0.6 is 0 Å². The van der Waals surface area contributed by atoms with Gasteiger partial charge in [0, 0.05) is 41.0 Å². The number of amides is 1.